The zero-order valence-corrected chi connectivity index (χ0v) is 17.9. The normalized spacial score (nSPS) is 21.5. The first-order valence-corrected chi connectivity index (χ1v) is 10.5. The molecule has 2 aliphatic rings. The third-order valence-corrected chi connectivity index (χ3v) is 5.56. The van der Waals surface area contributed by atoms with Gasteiger partial charge in [0.05, 0.1) is 18.6 Å². The zero-order chi connectivity index (χ0) is 25.7. The fraction of sp³-hybridized carbons (Fsp3) is 0.500. The average Bonchev–Trinajstić information content (AvgIpc) is 3.13. The summed E-state index contributed by atoms with van der Waals surface area (Å²) in [6, 6.07) is 4.69. The lowest BCUT2D eigenvalue weighted by Gasteiger charge is -2.33. The monoisotopic (exact) mass is 445 g/mol. The maximum Gasteiger partial charge on any atom is 0.351 e. The van der Waals surface area contributed by atoms with Crippen LogP contribution in [0.5, 0.6) is 17.2 Å². The molecule has 2 aliphatic heterocycles. The summed E-state index contributed by atoms with van der Waals surface area (Å²) in [5.74, 6) is 1.83. The molecule has 0 atom stereocenters. The van der Waals surface area contributed by atoms with E-state index in [2.05, 4.69) is 15.0 Å². The molecule has 5 rings (SSSR count). The van der Waals surface area contributed by atoms with E-state index < -0.39 is 13.1 Å². The molecular formula is C22H27N5O5. The van der Waals surface area contributed by atoms with Gasteiger partial charge in [-0.1, -0.05) is 0 Å². The highest BCUT2D eigenvalue weighted by Gasteiger charge is 2.24. The van der Waals surface area contributed by atoms with Crippen LogP contribution in [0.4, 0.5) is 5.82 Å². The molecule has 10 heteroatoms. The van der Waals surface area contributed by atoms with Crippen molar-refractivity contribution in [1.82, 2.24) is 19.2 Å². The first-order chi connectivity index (χ1) is 17.1. The van der Waals surface area contributed by atoms with Gasteiger partial charge in [-0.05, 0) is 19.1 Å². The molecule has 10 nitrogen and oxygen atoms in total. The number of fused-ring (bicyclic) bond motifs is 2. The summed E-state index contributed by atoms with van der Waals surface area (Å²) in [6.45, 7) is -1.18. The molecule has 0 saturated carbocycles. The van der Waals surface area contributed by atoms with Crippen LogP contribution in [0.2, 0.25) is 0 Å². The minimum Gasteiger partial charge on any atom is -0.490 e. The van der Waals surface area contributed by atoms with Gasteiger partial charge in [0.1, 0.15) is 30.8 Å². The largest absolute Gasteiger partial charge is 0.490 e. The Morgan fingerprint density at radius 2 is 2.00 bits per heavy atom. The van der Waals surface area contributed by atoms with Crippen LogP contribution < -0.4 is 24.8 Å². The van der Waals surface area contributed by atoms with Crippen molar-refractivity contribution in [2.75, 3.05) is 44.8 Å². The van der Waals surface area contributed by atoms with Gasteiger partial charge < -0.3 is 23.8 Å². The number of piperidine rings is 1. The maximum absolute atomic E-state index is 12.5. The van der Waals surface area contributed by atoms with E-state index in [1.54, 1.807) is 19.4 Å². The fourth-order valence-corrected chi connectivity index (χ4v) is 3.93. The Hall–Kier alpha value is -3.27. The van der Waals surface area contributed by atoms with Crippen LogP contribution in [-0.4, -0.2) is 65.2 Å². The first kappa shape index (κ1) is 16.4. The Labute approximate surface area is 190 Å². The molecule has 0 amide bonds. The van der Waals surface area contributed by atoms with Gasteiger partial charge in [0.2, 0.25) is 0 Å². The minimum absolute atomic E-state index is 0.0769. The van der Waals surface area contributed by atoms with E-state index in [9.17, 15) is 4.79 Å². The third-order valence-electron chi connectivity index (χ3n) is 5.56. The topological polar surface area (TPSA) is 92.4 Å². The molecule has 1 aromatic carbocycles. The summed E-state index contributed by atoms with van der Waals surface area (Å²) in [7, 11) is 1.57. The Morgan fingerprint density at radius 3 is 2.78 bits per heavy atom. The molecule has 1 saturated heterocycles. The molecular weight excluding hydrogens is 414 g/mol. The predicted octanol–water partition coefficient (Wildman–Crippen LogP) is 1.66. The van der Waals surface area contributed by atoms with Gasteiger partial charge >= 0.3 is 5.69 Å². The lowest BCUT2D eigenvalue weighted by atomic mass is 10.1. The van der Waals surface area contributed by atoms with Gasteiger partial charge in [-0.3, -0.25) is 0 Å². The summed E-state index contributed by atoms with van der Waals surface area (Å²) in [5.41, 5.74) is 0.621. The number of methoxy groups -OCH3 is 1. The Morgan fingerprint density at radius 1 is 1.22 bits per heavy atom. The summed E-state index contributed by atoms with van der Waals surface area (Å²) in [5, 5.41) is 4.32. The van der Waals surface area contributed by atoms with Gasteiger partial charge in [0.25, 0.3) is 5.78 Å². The predicted molar refractivity (Wildman–Crippen MR) is 117 cm³/mol. The highest BCUT2D eigenvalue weighted by molar-refractivity contribution is 5.50. The standard InChI is InChI=1S/C22H27N5O5/c1-15-14-26-21(24-27(22(26)28)9-10-29-2)23-20(15)25-7-5-16(6-8-25)32-17-3-4-18-19(13-17)31-12-11-30-18/h3-4,13-14,16H,5-12H2,1-2H3/i11D2,12D2. The lowest BCUT2D eigenvalue weighted by Crippen LogP contribution is -2.39. The Kier molecular flexibility index (Phi) is 4.45. The van der Waals surface area contributed by atoms with Gasteiger partial charge in [-0.15, -0.1) is 5.10 Å². The third kappa shape index (κ3) is 3.97. The number of aromatic nitrogens is 4. The second kappa shape index (κ2) is 8.70. The maximum atomic E-state index is 12.5. The van der Waals surface area contributed by atoms with E-state index in [-0.39, 0.29) is 23.3 Å². The zero-order valence-electron chi connectivity index (χ0n) is 21.9. The van der Waals surface area contributed by atoms with Crippen LogP contribution in [-0.2, 0) is 11.3 Å². The molecule has 0 bridgehead atoms. The molecule has 0 N–H and O–H groups in total. The molecule has 1 fully saturated rings. The number of benzene rings is 1. The van der Waals surface area contributed by atoms with Crippen LogP contribution in [0, 0.1) is 6.92 Å². The van der Waals surface area contributed by atoms with E-state index in [1.165, 1.54) is 21.2 Å². The highest BCUT2D eigenvalue weighted by Crippen LogP contribution is 2.34. The molecule has 0 radical (unpaired) electrons. The molecule has 170 valence electrons. The van der Waals surface area contributed by atoms with Crippen molar-refractivity contribution in [3.8, 4) is 17.2 Å². The Balaban J connectivity index is 1.26. The summed E-state index contributed by atoms with van der Waals surface area (Å²) in [6.07, 6.45) is 3.12. The van der Waals surface area contributed by atoms with E-state index in [1.807, 2.05) is 6.92 Å². The highest BCUT2D eigenvalue weighted by atomic mass is 16.6. The summed E-state index contributed by atoms with van der Waals surface area (Å²) < 4.78 is 55.2. The molecule has 32 heavy (non-hydrogen) atoms. The number of ether oxygens (including phenoxy) is 4. The van der Waals surface area contributed by atoms with Crippen LogP contribution in [0.3, 0.4) is 0 Å². The second-order valence-corrected chi connectivity index (χ2v) is 7.74. The number of hydrogen-bond donors (Lipinski definition) is 0. The lowest BCUT2D eigenvalue weighted by molar-refractivity contribution is 0.159. The van der Waals surface area contributed by atoms with Crippen molar-refractivity contribution in [2.45, 2.75) is 32.4 Å². The first-order valence-electron chi connectivity index (χ1n) is 12.5. The van der Waals surface area contributed by atoms with Crippen molar-refractivity contribution in [2.24, 2.45) is 0 Å². The number of hydrogen-bond acceptors (Lipinski definition) is 8. The van der Waals surface area contributed by atoms with Gasteiger partial charge in [-0.25, -0.2) is 13.9 Å². The second-order valence-electron chi connectivity index (χ2n) is 7.74. The van der Waals surface area contributed by atoms with Crippen LogP contribution in [0.1, 0.15) is 23.9 Å². The van der Waals surface area contributed by atoms with E-state index in [4.69, 9.17) is 24.4 Å². The minimum atomic E-state index is -2.62. The molecule has 2 aromatic heterocycles. The SMILES string of the molecule is [2H]C1([2H])Oc2ccc(OC3CCN(c4nc5nn(CCOC)c(=O)n5cc4C)CC3)cc2OC1([2H])[2H]. The summed E-state index contributed by atoms with van der Waals surface area (Å²) in [4.78, 5) is 19.3. The number of rotatable bonds is 6. The van der Waals surface area contributed by atoms with Crippen LogP contribution in [0.15, 0.2) is 29.2 Å². The van der Waals surface area contributed by atoms with Crippen LogP contribution >= 0.6 is 0 Å². The van der Waals surface area contributed by atoms with Crippen molar-refractivity contribution < 1.29 is 24.4 Å². The Bertz CT molecular complexity index is 1340. The number of aryl methyl sites for hydroxylation is 1. The van der Waals surface area contributed by atoms with Crippen molar-refractivity contribution in [3.63, 3.8) is 0 Å². The fourth-order valence-electron chi connectivity index (χ4n) is 3.93. The molecule has 0 unspecified atom stereocenters. The quantitative estimate of drug-likeness (QED) is 0.566. The van der Waals surface area contributed by atoms with E-state index >= 15 is 0 Å². The van der Waals surface area contributed by atoms with Gasteiger partial charge in [0.15, 0.2) is 11.5 Å². The van der Waals surface area contributed by atoms with Gasteiger partial charge in [0, 0.05) is 50.9 Å². The van der Waals surface area contributed by atoms with Crippen molar-refractivity contribution in [3.05, 3.63) is 40.4 Å². The smallest absolute Gasteiger partial charge is 0.351 e. The van der Waals surface area contributed by atoms with Crippen molar-refractivity contribution >= 4 is 11.6 Å². The number of nitrogens with zero attached hydrogens (tertiary/aromatic N) is 5. The van der Waals surface area contributed by atoms with E-state index in [0.29, 0.717) is 37.8 Å². The molecule has 4 heterocycles. The average molecular weight is 446 g/mol. The molecule has 0 aliphatic carbocycles. The van der Waals surface area contributed by atoms with E-state index in [0.717, 1.165) is 24.2 Å². The molecule has 3 aromatic rings. The summed E-state index contributed by atoms with van der Waals surface area (Å²) >= 11 is 0. The number of anilines is 1. The van der Waals surface area contributed by atoms with Crippen molar-refractivity contribution in [1.29, 1.82) is 0 Å². The van der Waals surface area contributed by atoms with Crippen LogP contribution in [0.25, 0.3) is 5.78 Å². The molecule has 0 spiro atoms. The van der Waals surface area contributed by atoms with Gasteiger partial charge in [-0.2, -0.15) is 4.98 Å².